The van der Waals surface area contributed by atoms with Gasteiger partial charge in [-0.05, 0) is 120 Å². The summed E-state index contributed by atoms with van der Waals surface area (Å²) in [6.45, 7) is 18.3. The van der Waals surface area contributed by atoms with Crippen molar-refractivity contribution in [3.05, 3.63) is 103 Å². The molecule has 11 heteroatoms. The molecule has 0 atom stereocenters. The minimum atomic E-state index is -4.28. The van der Waals surface area contributed by atoms with Gasteiger partial charge in [-0.2, -0.15) is 4.58 Å². The zero-order valence-corrected chi connectivity index (χ0v) is 37.9. The van der Waals surface area contributed by atoms with E-state index in [2.05, 4.69) is 131 Å². The number of hydrogen-bond acceptors (Lipinski definition) is 6. The number of ether oxygens (including phenoxy) is 1. The van der Waals surface area contributed by atoms with Crippen molar-refractivity contribution in [2.24, 2.45) is 0 Å². The number of unbranched alkanes of at least 4 members (excludes halogenated alkanes) is 3. The van der Waals surface area contributed by atoms with Crippen LogP contribution in [0.3, 0.4) is 0 Å². The number of carbonyl (C=O) groups excluding carboxylic acids is 1. The molecule has 0 aromatic heterocycles. The van der Waals surface area contributed by atoms with Gasteiger partial charge in [0.25, 0.3) is 0 Å². The van der Waals surface area contributed by atoms with E-state index in [4.69, 9.17) is 4.74 Å². The third kappa shape index (κ3) is 9.77. The number of halogens is 2. The first-order valence-corrected chi connectivity index (χ1v) is 22.6. The highest BCUT2D eigenvalue weighted by atomic mass is 79.9. The fourth-order valence-corrected chi connectivity index (χ4v) is 9.37. The molecule has 0 saturated heterocycles. The van der Waals surface area contributed by atoms with Gasteiger partial charge in [0.2, 0.25) is 5.69 Å². The number of amides is 1. The van der Waals surface area contributed by atoms with Crippen molar-refractivity contribution in [3.63, 3.8) is 0 Å². The molecule has 1 aliphatic carbocycles. The first kappa shape index (κ1) is 43.1. The van der Waals surface area contributed by atoms with E-state index in [0.717, 1.165) is 81.4 Å². The van der Waals surface area contributed by atoms with Gasteiger partial charge in [0.1, 0.15) is 12.1 Å². The van der Waals surface area contributed by atoms with E-state index in [9.17, 15) is 17.8 Å². The van der Waals surface area contributed by atoms with Crippen LogP contribution in [0.1, 0.15) is 111 Å². The molecule has 8 nitrogen and oxygen atoms in total. The average molecular weight is 900 g/mol. The Morgan fingerprint density at radius 3 is 2.27 bits per heavy atom. The lowest BCUT2D eigenvalue weighted by atomic mass is 9.81. The Hall–Kier alpha value is -2.99. The van der Waals surface area contributed by atoms with Gasteiger partial charge in [0, 0.05) is 69.2 Å². The maximum atomic E-state index is 13.7. The minimum Gasteiger partial charge on any atom is -0.748 e. The van der Waals surface area contributed by atoms with Crippen LogP contribution in [-0.2, 0) is 25.7 Å². The zero-order chi connectivity index (χ0) is 40.5. The molecule has 0 saturated carbocycles. The number of allylic oxidation sites excluding steroid dienone is 7. The second-order valence-corrected chi connectivity index (χ2v) is 20.3. The lowest BCUT2D eigenvalue weighted by Gasteiger charge is -2.28. The third-order valence-corrected chi connectivity index (χ3v) is 12.7. The van der Waals surface area contributed by atoms with Gasteiger partial charge >= 0.3 is 6.09 Å². The van der Waals surface area contributed by atoms with Crippen LogP contribution in [0.15, 0.2) is 92.2 Å². The van der Waals surface area contributed by atoms with Gasteiger partial charge in [-0.15, -0.1) is 0 Å². The summed E-state index contributed by atoms with van der Waals surface area (Å²) in [6, 6.07) is 12.8. The van der Waals surface area contributed by atoms with Crippen molar-refractivity contribution < 1.29 is 27.1 Å². The smallest absolute Gasteiger partial charge is 0.414 e. The molecule has 2 aliphatic heterocycles. The maximum absolute atomic E-state index is 13.7. The van der Waals surface area contributed by atoms with Crippen LogP contribution >= 0.6 is 31.9 Å². The standard InChI is InChI=1S/C44H57Br2N3O5S/c1-10-11-12-25-48-36-21-19-32(45)28-34(36)43(5,6)38(48)23-17-30-15-16-31(40(30)47(9)41(50)54-42(2,3)4)18-24-39-44(7,8)35-29-33(46)20-22-37(35)49(39)26-13-14-27-55(51,52)53/h17-24,28-29H,10-16,25-27H2,1-9H3. The quantitative estimate of drug-likeness (QED) is 0.113. The molecular formula is C44H57Br2N3O5S. The van der Waals surface area contributed by atoms with E-state index >= 15 is 0 Å². The lowest BCUT2D eigenvalue weighted by molar-refractivity contribution is -0.438. The van der Waals surface area contributed by atoms with Gasteiger partial charge in [-0.3, -0.25) is 4.90 Å². The molecule has 0 radical (unpaired) electrons. The van der Waals surface area contributed by atoms with Crippen molar-refractivity contribution >= 4 is 65.2 Å². The van der Waals surface area contributed by atoms with Crippen molar-refractivity contribution in [2.45, 2.75) is 117 Å². The Morgan fingerprint density at radius 1 is 0.945 bits per heavy atom. The first-order valence-electron chi connectivity index (χ1n) is 19.4. The van der Waals surface area contributed by atoms with Crippen LogP contribution in [0.2, 0.25) is 0 Å². The van der Waals surface area contributed by atoms with Gasteiger partial charge in [-0.1, -0.05) is 71.2 Å². The van der Waals surface area contributed by atoms with Crippen LogP contribution in [0.4, 0.5) is 16.2 Å². The summed E-state index contributed by atoms with van der Waals surface area (Å²) in [5.74, 6) is -0.377. The molecule has 2 aromatic carbocycles. The second kappa shape index (κ2) is 16.9. The average Bonchev–Trinajstić information content (AvgIpc) is 3.64. The van der Waals surface area contributed by atoms with Gasteiger partial charge < -0.3 is 14.2 Å². The normalized spacial score (nSPS) is 19.3. The molecule has 55 heavy (non-hydrogen) atoms. The Kier molecular flexibility index (Phi) is 13.2. The number of likely N-dealkylation sites (N-methyl/N-ethyl adjacent to an activating group) is 1. The fraction of sp³-hybridized carbons (Fsp3) is 0.500. The summed E-state index contributed by atoms with van der Waals surface area (Å²) in [5.41, 5.74) is 8.77. The van der Waals surface area contributed by atoms with Gasteiger partial charge in [0.15, 0.2) is 5.71 Å². The second-order valence-electron chi connectivity index (χ2n) is 16.9. The molecule has 0 N–H and O–H groups in total. The van der Waals surface area contributed by atoms with Crippen LogP contribution in [0.5, 0.6) is 0 Å². The number of nitrogens with zero attached hydrogens (tertiary/aromatic N) is 3. The summed E-state index contributed by atoms with van der Waals surface area (Å²) >= 11 is 7.37. The molecule has 298 valence electrons. The fourth-order valence-electron chi connectivity index (χ4n) is 8.09. The van der Waals surface area contributed by atoms with Crippen molar-refractivity contribution in [1.29, 1.82) is 0 Å². The van der Waals surface area contributed by atoms with Crippen molar-refractivity contribution in [1.82, 2.24) is 4.90 Å². The number of carbonyl (C=O) groups is 1. The molecule has 0 spiro atoms. The van der Waals surface area contributed by atoms with Crippen molar-refractivity contribution in [3.8, 4) is 0 Å². The molecule has 0 fully saturated rings. The molecular weight excluding hydrogens is 842 g/mol. The molecule has 5 rings (SSSR count). The van der Waals surface area contributed by atoms with E-state index in [1.807, 2.05) is 26.8 Å². The molecule has 0 unspecified atom stereocenters. The molecule has 2 aromatic rings. The molecule has 2 heterocycles. The molecule has 1 amide bonds. The lowest BCUT2D eigenvalue weighted by Crippen LogP contribution is -2.34. The predicted octanol–water partition coefficient (Wildman–Crippen LogP) is 11.2. The molecule has 0 bridgehead atoms. The highest BCUT2D eigenvalue weighted by Gasteiger charge is 2.44. The SMILES string of the molecule is CCCCC[N+]1=C(/C=C/C2=C(N(C)C(=O)OC(C)(C)C)C(=C/C=C3/N(CCCCS(=O)(=O)[O-])c4ccc(Br)cc4C3(C)C)/CC2)C(C)(C)c2cc(Br)ccc21. The monoisotopic (exact) mass is 897 g/mol. The Bertz CT molecular complexity index is 2090. The van der Waals surface area contributed by atoms with Gasteiger partial charge in [0.05, 0.1) is 21.2 Å². The highest BCUT2D eigenvalue weighted by molar-refractivity contribution is 9.10. The summed E-state index contributed by atoms with van der Waals surface area (Å²) in [5, 5.41) is 0. The van der Waals surface area contributed by atoms with E-state index in [1.54, 1.807) is 11.9 Å². The number of anilines is 1. The predicted molar refractivity (Wildman–Crippen MR) is 230 cm³/mol. The number of fused-ring (bicyclic) bond motifs is 2. The van der Waals surface area contributed by atoms with Crippen LogP contribution in [0.25, 0.3) is 0 Å². The van der Waals surface area contributed by atoms with Crippen LogP contribution in [-0.4, -0.2) is 65.7 Å². The van der Waals surface area contributed by atoms with Gasteiger partial charge in [-0.25, -0.2) is 13.2 Å². The summed E-state index contributed by atoms with van der Waals surface area (Å²) in [6.07, 6.45) is 14.1. The minimum absolute atomic E-state index is 0.222. The Balaban J connectivity index is 1.59. The summed E-state index contributed by atoms with van der Waals surface area (Å²) in [7, 11) is -2.49. The van der Waals surface area contributed by atoms with E-state index in [0.29, 0.717) is 19.4 Å². The van der Waals surface area contributed by atoms with Crippen LogP contribution in [0, 0.1) is 0 Å². The number of hydrogen-bond donors (Lipinski definition) is 0. The zero-order valence-electron chi connectivity index (χ0n) is 33.9. The topological polar surface area (TPSA) is 93.0 Å². The largest absolute Gasteiger partial charge is 0.748 e. The summed E-state index contributed by atoms with van der Waals surface area (Å²) in [4.78, 5) is 17.6. The van der Waals surface area contributed by atoms with E-state index in [1.165, 1.54) is 17.0 Å². The maximum Gasteiger partial charge on any atom is 0.414 e. The van der Waals surface area contributed by atoms with E-state index < -0.39 is 21.8 Å². The van der Waals surface area contributed by atoms with Crippen LogP contribution < -0.4 is 4.90 Å². The summed E-state index contributed by atoms with van der Waals surface area (Å²) < 4.78 is 44.5. The Labute approximate surface area is 346 Å². The third-order valence-electron chi connectivity index (χ3n) is 10.9. The van der Waals surface area contributed by atoms with E-state index in [-0.39, 0.29) is 16.6 Å². The Morgan fingerprint density at radius 2 is 1.62 bits per heavy atom. The van der Waals surface area contributed by atoms with Crippen molar-refractivity contribution in [2.75, 3.05) is 30.8 Å². The number of rotatable bonds is 13. The first-order chi connectivity index (χ1) is 25.7. The molecule has 3 aliphatic rings. The number of benzene rings is 2. The highest BCUT2D eigenvalue weighted by Crippen LogP contribution is 2.49.